The van der Waals surface area contributed by atoms with Crippen LogP contribution < -0.4 is 4.90 Å². The van der Waals surface area contributed by atoms with Gasteiger partial charge in [0.1, 0.15) is 5.71 Å². The van der Waals surface area contributed by atoms with Crippen molar-refractivity contribution in [3.05, 3.63) is 76.6 Å². The summed E-state index contributed by atoms with van der Waals surface area (Å²) in [5.41, 5.74) is 4.47. The molecule has 2 bridgehead atoms. The average molecular weight is 411 g/mol. The summed E-state index contributed by atoms with van der Waals surface area (Å²) in [5.74, 6) is 0.608. The zero-order chi connectivity index (χ0) is 19.7. The van der Waals surface area contributed by atoms with Crippen molar-refractivity contribution in [3.63, 3.8) is 0 Å². The van der Waals surface area contributed by atoms with Gasteiger partial charge in [-0.05, 0) is 37.1 Å². The van der Waals surface area contributed by atoms with E-state index in [1.807, 2.05) is 36.2 Å². The maximum atomic E-state index is 12.9. The van der Waals surface area contributed by atoms with Gasteiger partial charge < -0.3 is 4.90 Å². The van der Waals surface area contributed by atoms with Gasteiger partial charge in [0.15, 0.2) is 5.17 Å². The van der Waals surface area contributed by atoms with E-state index in [1.165, 1.54) is 11.1 Å². The van der Waals surface area contributed by atoms with Crippen LogP contribution in [0.25, 0.3) is 0 Å². The van der Waals surface area contributed by atoms with Gasteiger partial charge in [-0.3, -0.25) is 9.69 Å². The van der Waals surface area contributed by atoms with E-state index < -0.39 is 0 Å². The highest BCUT2D eigenvalue weighted by Crippen LogP contribution is 2.29. The van der Waals surface area contributed by atoms with Crippen LogP contribution >= 0.6 is 23.4 Å². The van der Waals surface area contributed by atoms with Gasteiger partial charge in [0, 0.05) is 23.2 Å². The first kappa shape index (κ1) is 18.8. The molecule has 0 atom stereocenters. The topological polar surface area (TPSA) is 48.3 Å². The Hall–Kier alpha value is -2.57. The molecule has 0 radical (unpaired) electrons. The SMILES string of the molecule is Cc1cccc(CSC2=NN=C3CN2C=CN(c2cccc(Cl)c2C)C3=O)c1. The van der Waals surface area contributed by atoms with E-state index in [2.05, 4.69) is 41.4 Å². The predicted octanol–water partition coefficient (Wildman–Crippen LogP) is 4.74. The standard InChI is InChI=1S/C21H19ClN4OS/c1-14-5-3-6-16(11-14)13-28-21-24-23-18-12-25(21)9-10-26(20(18)27)19-8-4-7-17(22)15(19)2/h3-11H,12-13H2,1-2H3. The number of benzene rings is 2. The Labute approximate surface area is 173 Å². The molecule has 0 aliphatic carbocycles. The molecule has 0 fully saturated rings. The highest BCUT2D eigenvalue weighted by atomic mass is 35.5. The van der Waals surface area contributed by atoms with Crippen LogP contribution in [0.5, 0.6) is 0 Å². The third kappa shape index (κ3) is 3.70. The van der Waals surface area contributed by atoms with Crippen LogP contribution in [0.15, 0.2) is 65.1 Å². The second-order valence-electron chi connectivity index (χ2n) is 6.69. The molecule has 1 amide bonds. The van der Waals surface area contributed by atoms with Gasteiger partial charge in [0.2, 0.25) is 0 Å². The van der Waals surface area contributed by atoms with E-state index in [1.54, 1.807) is 22.9 Å². The van der Waals surface area contributed by atoms with Crippen LogP contribution in [-0.2, 0) is 10.5 Å². The summed E-state index contributed by atoms with van der Waals surface area (Å²) in [6.45, 7) is 4.39. The molecular formula is C21H19ClN4OS. The summed E-state index contributed by atoms with van der Waals surface area (Å²) in [4.78, 5) is 16.5. The molecule has 0 saturated heterocycles. The van der Waals surface area contributed by atoms with Gasteiger partial charge in [-0.25, -0.2) is 0 Å². The second-order valence-corrected chi connectivity index (χ2v) is 8.04. The van der Waals surface area contributed by atoms with Crippen molar-refractivity contribution < 1.29 is 4.79 Å². The van der Waals surface area contributed by atoms with E-state index in [-0.39, 0.29) is 5.91 Å². The summed E-state index contributed by atoms with van der Waals surface area (Å²) >= 11 is 7.85. The molecule has 5 nitrogen and oxygen atoms in total. The van der Waals surface area contributed by atoms with E-state index in [0.29, 0.717) is 17.3 Å². The summed E-state index contributed by atoms with van der Waals surface area (Å²) in [6.07, 6.45) is 3.64. The minimum Gasteiger partial charge on any atom is -0.318 e. The Morgan fingerprint density at radius 2 is 1.93 bits per heavy atom. The van der Waals surface area contributed by atoms with Crippen molar-refractivity contribution in [2.45, 2.75) is 19.6 Å². The minimum absolute atomic E-state index is 0.185. The number of thioether (sulfide) groups is 1. The monoisotopic (exact) mass is 410 g/mol. The molecule has 142 valence electrons. The highest BCUT2D eigenvalue weighted by Gasteiger charge is 2.30. The molecule has 2 aliphatic heterocycles. The van der Waals surface area contributed by atoms with Crippen molar-refractivity contribution in [2.24, 2.45) is 10.2 Å². The van der Waals surface area contributed by atoms with Crippen LogP contribution in [-0.4, -0.2) is 28.2 Å². The number of nitrogens with zero attached hydrogens (tertiary/aromatic N) is 4. The third-order valence-corrected chi connectivity index (χ3v) is 6.09. The molecule has 2 heterocycles. The predicted molar refractivity (Wildman–Crippen MR) is 117 cm³/mol. The average Bonchev–Trinajstić information content (AvgIpc) is 2.81. The van der Waals surface area contributed by atoms with Gasteiger partial charge >= 0.3 is 0 Å². The number of hydrogen-bond donors (Lipinski definition) is 0. The highest BCUT2D eigenvalue weighted by molar-refractivity contribution is 8.13. The third-order valence-electron chi connectivity index (χ3n) is 4.63. The van der Waals surface area contributed by atoms with Crippen LogP contribution in [0, 0.1) is 13.8 Å². The fourth-order valence-electron chi connectivity index (χ4n) is 3.11. The normalized spacial score (nSPS) is 16.0. The molecular weight excluding hydrogens is 392 g/mol. The summed E-state index contributed by atoms with van der Waals surface area (Å²) in [6, 6.07) is 13.9. The lowest BCUT2D eigenvalue weighted by atomic mass is 10.1. The number of carbonyl (C=O) groups is 1. The van der Waals surface area contributed by atoms with Crippen molar-refractivity contribution in [2.75, 3.05) is 11.4 Å². The minimum atomic E-state index is -0.185. The van der Waals surface area contributed by atoms with Gasteiger partial charge in [-0.15, -0.1) is 10.2 Å². The van der Waals surface area contributed by atoms with Crippen molar-refractivity contribution in [1.29, 1.82) is 0 Å². The molecule has 0 unspecified atom stereocenters. The largest absolute Gasteiger partial charge is 0.318 e. The van der Waals surface area contributed by atoms with E-state index in [0.717, 1.165) is 22.2 Å². The number of aryl methyl sites for hydroxylation is 1. The summed E-state index contributed by atoms with van der Waals surface area (Å²) in [5, 5.41) is 9.91. The van der Waals surface area contributed by atoms with Crippen LogP contribution in [0.2, 0.25) is 5.02 Å². The molecule has 28 heavy (non-hydrogen) atoms. The molecule has 0 aromatic heterocycles. The van der Waals surface area contributed by atoms with Gasteiger partial charge in [0.05, 0.1) is 12.2 Å². The smallest absolute Gasteiger partial charge is 0.280 e. The van der Waals surface area contributed by atoms with Crippen LogP contribution in [0.4, 0.5) is 5.69 Å². The Kier molecular flexibility index (Phi) is 5.24. The zero-order valence-electron chi connectivity index (χ0n) is 15.6. The number of halogens is 1. The Balaban J connectivity index is 1.57. The lowest BCUT2D eigenvalue weighted by Crippen LogP contribution is -2.38. The van der Waals surface area contributed by atoms with Crippen molar-refractivity contribution in [3.8, 4) is 0 Å². The number of amides is 1. The molecule has 2 aliphatic rings. The maximum absolute atomic E-state index is 12.9. The number of fused-ring (bicyclic) bond motifs is 2. The fourth-order valence-corrected chi connectivity index (χ4v) is 4.14. The van der Waals surface area contributed by atoms with E-state index in [4.69, 9.17) is 11.6 Å². The fraction of sp³-hybridized carbons (Fsp3) is 0.190. The molecule has 0 spiro atoms. The van der Waals surface area contributed by atoms with Gasteiger partial charge in [-0.2, -0.15) is 0 Å². The molecule has 7 heteroatoms. The maximum Gasteiger partial charge on any atom is 0.280 e. The number of rotatable bonds is 3. The lowest BCUT2D eigenvalue weighted by molar-refractivity contribution is -0.112. The first-order valence-electron chi connectivity index (χ1n) is 8.89. The van der Waals surface area contributed by atoms with Crippen LogP contribution in [0.3, 0.4) is 0 Å². The zero-order valence-corrected chi connectivity index (χ0v) is 17.2. The molecule has 2 aromatic rings. The van der Waals surface area contributed by atoms with E-state index in [9.17, 15) is 4.79 Å². The summed E-state index contributed by atoms with van der Waals surface area (Å²) in [7, 11) is 0. The Morgan fingerprint density at radius 3 is 2.75 bits per heavy atom. The lowest BCUT2D eigenvalue weighted by Gasteiger charge is -2.22. The molecule has 4 rings (SSSR count). The summed E-state index contributed by atoms with van der Waals surface area (Å²) < 4.78 is 0. The quantitative estimate of drug-likeness (QED) is 0.734. The number of amidine groups is 1. The number of anilines is 1. The Morgan fingerprint density at radius 1 is 1.11 bits per heavy atom. The number of carbonyl (C=O) groups excluding carboxylic acids is 1. The molecule has 2 aromatic carbocycles. The first-order valence-corrected chi connectivity index (χ1v) is 10.3. The van der Waals surface area contributed by atoms with Crippen LogP contribution in [0.1, 0.15) is 16.7 Å². The van der Waals surface area contributed by atoms with E-state index >= 15 is 0 Å². The molecule has 0 saturated carbocycles. The van der Waals surface area contributed by atoms with Crippen molar-refractivity contribution >= 4 is 45.8 Å². The number of hydrogen-bond acceptors (Lipinski definition) is 5. The van der Waals surface area contributed by atoms with Gasteiger partial charge in [-0.1, -0.05) is 59.3 Å². The second kappa shape index (κ2) is 7.81. The first-order chi connectivity index (χ1) is 13.5. The van der Waals surface area contributed by atoms with Crippen molar-refractivity contribution in [1.82, 2.24) is 4.90 Å². The Bertz CT molecular complexity index is 1030. The molecule has 0 N–H and O–H groups in total. The van der Waals surface area contributed by atoms with Gasteiger partial charge in [0.25, 0.3) is 5.91 Å².